The lowest BCUT2D eigenvalue weighted by molar-refractivity contribution is 0.0582. The number of halogens is 1. The van der Waals surface area contributed by atoms with Gasteiger partial charge in [0.1, 0.15) is 17.1 Å². The lowest BCUT2D eigenvalue weighted by Gasteiger charge is -2.27. The van der Waals surface area contributed by atoms with Crippen LogP contribution in [0.1, 0.15) is 55.1 Å². The number of hydrogen-bond donors (Lipinski definition) is 1. The van der Waals surface area contributed by atoms with Gasteiger partial charge in [0.05, 0.1) is 12.2 Å². The Hall–Kier alpha value is -3.21. The van der Waals surface area contributed by atoms with Crippen molar-refractivity contribution in [2.24, 2.45) is 0 Å². The minimum absolute atomic E-state index is 0.0234. The lowest BCUT2D eigenvalue weighted by Crippen LogP contribution is -2.36. The van der Waals surface area contributed by atoms with Crippen LogP contribution in [0, 0.1) is 13.8 Å². The summed E-state index contributed by atoms with van der Waals surface area (Å²) in [6.07, 6.45) is 1.06. The Kier molecular flexibility index (Phi) is 8.78. The number of nitrogens with zero attached hydrogens (tertiary/aromatic N) is 4. The van der Waals surface area contributed by atoms with E-state index in [4.69, 9.17) is 16.3 Å². The van der Waals surface area contributed by atoms with Gasteiger partial charge in [0.25, 0.3) is 17.2 Å². The van der Waals surface area contributed by atoms with Crippen LogP contribution < -0.4 is 9.21 Å². The third-order valence-electron chi connectivity index (χ3n) is 5.42. The molecule has 3 aromatic rings. The first-order valence-corrected chi connectivity index (χ1v) is 13.1. The minimum atomic E-state index is -2.58. The number of rotatable bonds is 7. The molecule has 0 aliphatic carbocycles. The molecule has 9 nitrogen and oxygen atoms in total. The van der Waals surface area contributed by atoms with Crippen molar-refractivity contribution in [3.8, 4) is 0 Å². The van der Waals surface area contributed by atoms with E-state index in [0.717, 1.165) is 15.4 Å². The summed E-state index contributed by atoms with van der Waals surface area (Å²) >= 11 is 3.99. The van der Waals surface area contributed by atoms with Gasteiger partial charge in [0.15, 0.2) is 0 Å². The van der Waals surface area contributed by atoms with Crippen LogP contribution in [0.3, 0.4) is 0 Å². The average molecular weight is 547 g/mol. The second-order valence-corrected chi connectivity index (χ2v) is 10.7. The zero-order chi connectivity index (χ0) is 27.5. The minimum Gasteiger partial charge on any atom is -0.443 e. The molecule has 0 saturated heterocycles. The van der Waals surface area contributed by atoms with E-state index < -0.39 is 28.9 Å². The normalized spacial score (nSPS) is 12.2. The van der Waals surface area contributed by atoms with Gasteiger partial charge in [-0.15, -0.1) is 0 Å². The highest BCUT2D eigenvalue weighted by Gasteiger charge is 2.26. The maximum absolute atomic E-state index is 13.1. The molecule has 0 fully saturated rings. The predicted octanol–water partition coefficient (Wildman–Crippen LogP) is 5.75. The molecule has 1 N–H and O–H groups in total. The van der Waals surface area contributed by atoms with Crippen LogP contribution in [0.25, 0.3) is 0 Å². The highest BCUT2D eigenvalue weighted by atomic mass is 35.5. The van der Waals surface area contributed by atoms with E-state index >= 15 is 0 Å². The molecule has 0 aliphatic rings. The summed E-state index contributed by atoms with van der Waals surface area (Å²) in [6.45, 7) is 11.6. The van der Waals surface area contributed by atoms with E-state index in [9.17, 15) is 18.4 Å². The van der Waals surface area contributed by atoms with Crippen molar-refractivity contribution < 1.29 is 23.1 Å². The number of amides is 2. The number of ether oxygens (including phenoxy) is 1. The highest BCUT2D eigenvalue weighted by Crippen LogP contribution is 2.27. The molecule has 0 saturated carbocycles. The molecule has 0 radical (unpaired) electrons. The monoisotopic (exact) mass is 546 g/mol. The Morgan fingerprint density at radius 2 is 1.73 bits per heavy atom. The van der Waals surface area contributed by atoms with Crippen molar-refractivity contribution >= 4 is 46.2 Å². The number of aromatic nitrogens is 2. The van der Waals surface area contributed by atoms with Crippen LogP contribution in [0.5, 0.6) is 0 Å². The lowest BCUT2D eigenvalue weighted by atomic mass is 10.2. The van der Waals surface area contributed by atoms with Crippen LogP contribution in [0.4, 0.5) is 16.2 Å². The van der Waals surface area contributed by atoms with Crippen LogP contribution in [-0.2, 0) is 22.5 Å². The summed E-state index contributed by atoms with van der Waals surface area (Å²) in [5.41, 5.74) is 1.98. The van der Waals surface area contributed by atoms with E-state index in [2.05, 4.69) is 4.98 Å². The quantitative estimate of drug-likeness (QED) is 0.378. The molecular formula is C26H31ClN4O5S. The standard InChI is InChI=1S/C26H31ClN4O5S/c1-7-30(25(33)36-26(4,5)6)21-13-10-19(22(27)14-21)15-29-16-23(28-18(29)3)24(32)31(37(34)35)20-11-8-17(2)9-12-20/h8-14,16H,7,15H2,1-6H3,(H,34,35). The van der Waals surface area contributed by atoms with Gasteiger partial charge in [0, 0.05) is 23.5 Å². The Bertz CT molecular complexity index is 1320. The van der Waals surface area contributed by atoms with Crippen LogP contribution in [-0.4, -0.2) is 42.5 Å². The van der Waals surface area contributed by atoms with Crippen LogP contribution >= 0.6 is 11.6 Å². The van der Waals surface area contributed by atoms with Gasteiger partial charge in [-0.2, -0.15) is 0 Å². The molecule has 0 bridgehead atoms. The molecule has 1 aromatic heterocycles. The maximum Gasteiger partial charge on any atom is 0.414 e. The zero-order valence-corrected chi connectivity index (χ0v) is 23.3. The SMILES string of the molecule is CCN(C(=O)OC(C)(C)C)c1ccc(Cn2cc(C(=O)N(c3ccc(C)cc3)S(=O)O)nc2C)c(Cl)c1. The molecule has 0 spiro atoms. The van der Waals surface area contributed by atoms with Crippen molar-refractivity contribution in [3.05, 3.63) is 76.3 Å². The van der Waals surface area contributed by atoms with Crippen LogP contribution in [0.15, 0.2) is 48.7 Å². The van der Waals surface area contributed by atoms with Crippen molar-refractivity contribution in [1.29, 1.82) is 0 Å². The summed E-state index contributed by atoms with van der Waals surface area (Å²) in [7, 11) is 0. The van der Waals surface area contributed by atoms with E-state index in [1.54, 1.807) is 74.7 Å². The summed E-state index contributed by atoms with van der Waals surface area (Å²) in [4.78, 5) is 31.5. The first-order chi connectivity index (χ1) is 17.3. The highest BCUT2D eigenvalue weighted by molar-refractivity contribution is 7.81. The molecule has 37 heavy (non-hydrogen) atoms. The molecule has 1 heterocycles. The summed E-state index contributed by atoms with van der Waals surface area (Å²) in [5.74, 6) is -0.177. The maximum atomic E-state index is 13.1. The number of imidazole rings is 1. The van der Waals surface area contributed by atoms with Gasteiger partial charge in [-0.05, 0) is 71.4 Å². The van der Waals surface area contributed by atoms with E-state index in [1.165, 1.54) is 11.1 Å². The largest absolute Gasteiger partial charge is 0.443 e. The smallest absolute Gasteiger partial charge is 0.414 e. The van der Waals surface area contributed by atoms with Gasteiger partial charge >= 0.3 is 6.09 Å². The zero-order valence-electron chi connectivity index (χ0n) is 21.7. The van der Waals surface area contributed by atoms with E-state index in [0.29, 0.717) is 29.6 Å². The van der Waals surface area contributed by atoms with Gasteiger partial charge in [-0.3, -0.25) is 14.2 Å². The van der Waals surface area contributed by atoms with Gasteiger partial charge in [0.2, 0.25) is 0 Å². The summed E-state index contributed by atoms with van der Waals surface area (Å²) in [6, 6.07) is 12.0. The number of aryl methyl sites for hydroxylation is 2. The molecule has 1 unspecified atom stereocenters. The second-order valence-electron chi connectivity index (χ2n) is 9.47. The third-order valence-corrected chi connectivity index (χ3v) is 6.46. The van der Waals surface area contributed by atoms with Crippen molar-refractivity contribution in [2.45, 2.75) is 53.7 Å². The number of hydrogen-bond acceptors (Lipinski definition) is 5. The summed E-state index contributed by atoms with van der Waals surface area (Å²) < 4.78 is 29.8. The number of carbonyl (C=O) groups excluding carboxylic acids is 2. The predicted molar refractivity (Wildman–Crippen MR) is 146 cm³/mol. The number of benzene rings is 2. The fourth-order valence-corrected chi connectivity index (χ4v) is 4.36. The van der Waals surface area contributed by atoms with Gasteiger partial charge < -0.3 is 9.30 Å². The van der Waals surface area contributed by atoms with Crippen molar-refractivity contribution in [2.75, 3.05) is 15.7 Å². The molecule has 2 aromatic carbocycles. The fourth-order valence-electron chi connectivity index (χ4n) is 3.58. The summed E-state index contributed by atoms with van der Waals surface area (Å²) in [5, 5.41) is 0.429. The second kappa shape index (κ2) is 11.5. The molecule has 0 aliphatic heterocycles. The van der Waals surface area contributed by atoms with Crippen molar-refractivity contribution in [3.63, 3.8) is 0 Å². The van der Waals surface area contributed by atoms with Gasteiger partial charge in [-0.1, -0.05) is 35.4 Å². The van der Waals surface area contributed by atoms with Crippen molar-refractivity contribution in [1.82, 2.24) is 9.55 Å². The number of anilines is 2. The molecule has 1 atom stereocenters. The van der Waals surface area contributed by atoms with E-state index in [-0.39, 0.29) is 11.4 Å². The molecular weight excluding hydrogens is 516 g/mol. The number of carbonyl (C=O) groups is 2. The Morgan fingerprint density at radius 3 is 2.27 bits per heavy atom. The van der Waals surface area contributed by atoms with Gasteiger partial charge in [-0.25, -0.2) is 18.3 Å². The Morgan fingerprint density at radius 1 is 1.11 bits per heavy atom. The first-order valence-electron chi connectivity index (χ1n) is 11.7. The first kappa shape index (κ1) is 28.4. The topological polar surface area (TPSA) is 105 Å². The Labute approximate surface area is 224 Å². The average Bonchev–Trinajstić information content (AvgIpc) is 3.16. The van der Waals surface area contributed by atoms with E-state index in [1.807, 2.05) is 13.8 Å². The molecule has 3 rings (SSSR count). The molecule has 198 valence electrons. The molecule has 2 amide bonds. The van der Waals surface area contributed by atoms with Crippen LogP contribution in [0.2, 0.25) is 5.02 Å². The fraction of sp³-hybridized carbons (Fsp3) is 0.346. The third kappa shape index (κ3) is 6.97. The Balaban J connectivity index is 1.83. The molecule has 11 heteroatoms.